The fraction of sp³-hybridized carbons (Fsp3) is 0.400. The van der Waals surface area contributed by atoms with Crippen LogP contribution in [0, 0.1) is 0 Å². The predicted octanol–water partition coefficient (Wildman–Crippen LogP) is 2.95. The van der Waals surface area contributed by atoms with Crippen molar-refractivity contribution in [3.63, 3.8) is 0 Å². The van der Waals surface area contributed by atoms with E-state index in [1.165, 1.54) is 0 Å². The summed E-state index contributed by atoms with van der Waals surface area (Å²) in [6, 6.07) is 7.46. The molecule has 20 heavy (non-hydrogen) atoms. The number of hydrogen-bond donors (Lipinski definition) is 1. The van der Waals surface area contributed by atoms with Crippen LogP contribution >= 0.6 is 11.6 Å². The summed E-state index contributed by atoms with van der Waals surface area (Å²) in [4.78, 5) is 6.69. The molecule has 106 valence electrons. The van der Waals surface area contributed by atoms with Gasteiger partial charge in [-0.2, -0.15) is 0 Å². The first-order chi connectivity index (χ1) is 9.70. The molecule has 0 aliphatic carbocycles. The number of halogens is 1. The largest absolute Gasteiger partial charge is 0.444 e. The number of aromatic nitrogens is 1. The third-order valence-corrected chi connectivity index (χ3v) is 3.72. The van der Waals surface area contributed by atoms with Crippen molar-refractivity contribution in [2.75, 3.05) is 13.1 Å². The highest BCUT2D eigenvalue weighted by Gasteiger charge is 2.19. The van der Waals surface area contributed by atoms with E-state index in [0.717, 1.165) is 30.6 Å². The molecule has 0 saturated carbocycles. The van der Waals surface area contributed by atoms with Gasteiger partial charge >= 0.3 is 0 Å². The van der Waals surface area contributed by atoms with Crippen LogP contribution in [0.2, 0.25) is 5.02 Å². The average molecular weight is 293 g/mol. The van der Waals surface area contributed by atoms with E-state index in [4.69, 9.17) is 16.0 Å². The molecule has 2 aromatic rings. The second kappa shape index (κ2) is 5.95. The number of benzene rings is 1. The highest BCUT2D eigenvalue weighted by Crippen LogP contribution is 2.23. The zero-order valence-electron chi connectivity index (χ0n) is 11.1. The number of likely N-dealkylation sites (tertiary alicyclic amines) is 1. The molecule has 1 fully saturated rings. The van der Waals surface area contributed by atoms with Crippen molar-refractivity contribution in [3.8, 4) is 11.5 Å². The molecule has 1 saturated heterocycles. The van der Waals surface area contributed by atoms with E-state index in [9.17, 15) is 5.11 Å². The molecule has 1 aliphatic rings. The van der Waals surface area contributed by atoms with Gasteiger partial charge in [-0.1, -0.05) is 17.7 Å². The smallest absolute Gasteiger partial charge is 0.226 e. The molecule has 0 unspecified atom stereocenters. The van der Waals surface area contributed by atoms with E-state index < -0.39 is 0 Å². The minimum Gasteiger partial charge on any atom is -0.444 e. The molecule has 0 spiro atoms. The van der Waals surface area contributed by atoms with Crippen LogP contribution < -0.4 is 0 Å². The van der Waals surface area contributed by atoms with Gasteiger partial charge in [-0.25, -0.2) is 4.98 Å². The second-order valence-corrected chi connectivity index (χ2v) is 5.62. The van der Waals surface area contributed by atoms with Crippen molar-refractivity contribution in [1.82, 2.24) is 9.88 Å². The van der Waals surface area contributed by atoms with Gasteiger partial charge in [0.1, 0.15) is 6.26 Å². The Morgan fingerprint density at radius 1 is 1.45 bits per heavy atom. The van der Waals surface area contributed by atoms with Crippen LogP contribution in [-0.2, 0) is 6.54 Å². The molecule has 5 heteroatoms. The number of aliphatic hydroxyl groups is 1. The first-order valence-corrected chi connectivity index (χ1v) is 7.19. The van der Waals surface area contributed by atoms with Crippen LogP contribution in [0.25, 0.3) is 11.5 Å². The lowest BCUT2D eigenvalue weighted by Crippen LogP contribution is -2.37. The molecule has 1 aromatic carbocycles. The maximum absolute atomic E-state index is 9.67. The first kappa shape index (κ1) is 13.6. The molecular weight excluding hydrogens is 276 g/mol. The van der Waals surface area contributed by atoms with Crippen LogP contribution in [0.3, 0.4) is 0 Å². The normalized spacial score (nSPS) is 20.2. The number of rotatable bonds is 3. The average Bonchev–Trinajstić information content (AvgIpc) is 2.87. The summed E-state index contributed by atoms with van der Waals surface area (Å²) < 4.78 is 5.52. The number of nitrogens with zero attached hydrogens (tertiary/aromatic N) is 2. The minimum atomic E-state index is -0.219. The zero-order chi connectivity index (χ0) is 13.9. The van der Waals surface area contributed by atoms with Crippen molar-refractivity contribution in [2.45, 2.75) is 25.5 Å². The van der Waals surface area contributed by atoms with E-state index in [1.54, 1.807) is 6.26 Å². The molecule has 1 aromatic heterocycles. The van der Waals surface area contributed by atoms with E-state index in [0.29, 0.717) is 24.0 Å². The Labute approximate surface area is 123 Å². The van der Waals surface area contributed by atoms with E-state index in [1.807, 2.05) is 24.3 Å². The van der Waals surface area contributed by atoms with Crippen LogP contribution in [0.5, 0.6) is 0 Å². The molecule has 1 N–H and O–H groups in total. The minimum absolute atomic E-state index is 0.219. The molecule has 0 bridgehead atoms. The lowest BCUT2D eigenvalue weighted by atomic mass is 10.1. The highest BCUT2D eigenvalue weighted by molar-refractivity contribution is 6.30. The van der Waals surface area contributed by atoms with Gasteiger partial charge in [0.05, 0.1) is 11.8 Å². The van der Waals surface area contributed by atoms with Crippen LogP contribution in [-0.4, -0.2) is 34.2 Å². The number of oxazole rings is 1. The Morgan fingerprint density at radius 2 is 2.35 bits per heavy atom. The molecule has 1 aliphatic heterocycles. The molecule has 0 radical (unpaired) electrons. The number of hydrogen-bond acceptors (Lipinski definition) is 4. The summed E-state index contributed by atoms with van der Waals surface area (Å²) in [6.07, 6.45) is 3.38. The molecule has 0 amide bonds. The van der Waals surface area contributed by atoms with Crippen molar-refractivity contribution in [2.24, 2.45) is 0 Å². The third-order valence-electron chi connectivity index (χ3n) is 3.49. The summed E-state index contributed by atoms with van der Waals surface area (Å²) >= 11 is 5.97. The quantitative estimate of drug-likeness (QED) is 0.945. The predicted molar refractivity (Wildman–Crippen MR) is 77.5 cm³/mol. The van der Waals surface area contributed by atoms with Crippen molar-refractivity contribution < 1.29 is 9.52 Å². The van der Waals surface area contributed by atoms with Gasteiger partial charge in [0, 0.05) is 23.7 Å². The molecular formula is C15H17ClN2O2. The number of piperidine rings is 1. The SMILES string of the molecule is O[C@H]1CCCN(Cc2coc(-c3cccc(Cl)c3)n2)C1. The standard InChI is InChI=1S/C15H17ClN2O2/c16-12-4-1-3-11(7-12)15-17-13(10-20-15)8-18-6-2-5-14(19)9-18/h1,3-4,7,10,14,19H,2,5-6,8-9H2/t14-/m0/s1. The summed E-state index contributed by atoms with van der Waals surface area (Å²) in [5, 5.41) is 10.3. The Morgan fingerprint density at radius 3 is 3.15 bits per heavy atom. The summed E-state index contributed by atoms with van der Waals surface area (Å²) in [5.41, 5.74) is 1.76. The third kappa shape index (κ3) is 3.20. The van der Waals surface area contributed by atoms with E-state index >= 15 is 0 Å². The van der Waals surface area contributed by atoms with Gasteiger partial charge in [-0.15, -0.1) is 0 Å². The maximum atomic E-state index is 9.67. The van der Waals surface area contributed by atoms with Crippen molar-refractivity contribution >= 4 is 11.6 Å². The van der Waals surface area contributed by atoms with Crippen LogP contribution in [0.4, 0.5) is 0 Å². The van der Waals surface area contributed by atoms with Gasteiger partial charge < -0.3 is 9.52 Å². The topological polar surface area (TPSA) is 49.5 Å². The number of β-amino-alcohol motifs (C(OH)–C–C–N with tert-alkyl or cyclic N) is 1. The molecule has 2 heterocycles. The van der Waals surface area contributed by atoms with Gasteiger partial charge in [0.15, 0.2) is 0 Å². The monoisotopic (exact) mass is 292 g/mol. The molecule has 4 nitrogen and oxygen atoms in total. The Kier molecular flexibility index (Phi) is 4.05. The second-order valence-electron chi connectivity index (χ2n) is 5.19. The van der Waals surface area contributed by atoms with E-state index in [-0.39, 0.29) is 6.10 Å². The lowest BCUT2D eigenvalue weighted by Gasteiger charge is -2.29. The van der Waals surface area contributed by atoms with Crippen LogP contribution in [0.1, 0.15) is 18.5 Å². The van der Waals surface area contributed by atoms with E-state index in [2.05, 4.69) is 9.88 Å². The fourth-order valence-electron chi connectivity index (χ4n) is 2.54. The number of aliphatic hydroxyl groups excluding tert-OH is 1. The summed E-state index contributed by atoms with van der Waals surface area (Å²) in [6.45, 7) is 2.41. The highest BCUT2D eigenvalue weighted by atomic mass is 35.5. The fourth-order valence-corrected chi connectivity index (χ4v) is 2.73. The Hall–Kier alpha value is -1.36. The molecule has 1 atom stereocenters. The van der Waals surface area contributed by atoms with Gasteiger partial charge in [-0.3, -0.25) is 4.90 Å². The first-order valence-electron chi connectivity index (χ1n) is 6.81. The van der Waals surface area contributed by atoms with Gasteiger partial charge in [0.2, 0.25) is 5.89 Å². The maximum Gasteiger partial charge on any atom is 0.226 e. The molecule has 3 rings (SSSR count). The van der Waals surface area contributed by atoms with Gasteiger partial charge in [0.25, 0.3) is 0 Å². The summed E-state index contributed by atoms with van der Waals surface area (Å²) in [7, 11) is 0. The Balaban J connectivity index is 1.70. The van der Waals surface area contributed by atoms with Crippen molar-refractivity contribution in [3.05, 3.63) is 41.2 Å². The Bertz CT molecular complexity index is 585. The lowest BCUT2D eigenvalue weighted by molar-refractivity contribution is 0.0662. The van der Waals surface area contributed by atoms with Crippen molar-refractivity contribution in [1.29, 1.82) is 0 Å². The van der Waals surface area contributed by atoms with Crippen LogP contribution in [0.15, 0.2) is 34.9 Å². The zero-order valence-corrected chi connectivity index (χ0v) is 11.9. The summed E-state index contributed by atoms with van der Waals surface area (Å²) in [5.74, 6) is 0.583. The van der Waals surface area contributed by atoms with Gasteiger partial charge in [-0.05, 0) is 37.6 Å².